The van der Waals surface area contributed by atoms with Crippen molar-refractivity contribution in [3.05, 3.63) is 29.1 Å². The highest BCUT2D eigenvalue weighted by Gasteiger charge is 2.28. The number of nitrogens with two attached hydrogens (primary N) is 1. The van der Waals surface area contributed by atoms with Crippen molar-refractivity contribution in [1.29, 1.82) is 0 Å². The third-order valence-corrected chi connectivity index (χ3v) is 4.19. The van der Waals surface area contributed by atoms with Crippen molar-refractivity contribution in [3.63, 3.8) is 0 Å². The van der Waals surface area contributed by atoms with E-state index in [0.29, 0.717) is 6.04 Å². The first-order chi connectivity index (χ1) is 11.7. The molecule has 136 valence electrons. The standard InChI is InChI=1S/C18H25N3O4/c1-10(2)16(17(23)20-18(19)24)25-15(22)8-5-13-9-11(3)21(12(13)4)14-6-7-14/h5,8-10,14,16H,6-7H2,1-4H3,(H3,19,20,23,24)/b8-5+/t16-/m0/s1. The number of amides is 3. The number of esters is 1. The lowest BCUT2D eigenvalue weighted by Gasteiger charge is -2.18. The summed E-state index contributed by atoms with van der Waals surface area (Å²) in [5, 5.41) is 1.94. The van der Waals surface area contributed by atoms with E-state index in [0.717, 1.165) is 17.0 Å². The second kappa shape index (κ2) is 7.55. The topological polar surface area (TPSA) is 103 Å². The van der Waals surface area contributed by atoms with E-state index in [1.165, 1.54) is 18.9 Å². The highest BCUT2D eigenvalue weighted by Crippen LogP contribution is 2.38. The van der Waals surface area contributed by atoms with E-state index in [1.807, 2.05) is 25.2 Å². The number of ether oxygens (including phenoxy) is 1. The summed E-state index contributed by atoms with van der Waals surface area (Å²) in [6.07, 6.45) is 4.28. The van der Waals surface area contributed by atoms with Gasteiger partial charge in [0, 0.05) is 23.5 Å². The summed E-state index contributed by atoms with van der Waals surface area (Å²) >= 11 is 0. The summed E-state index contributed by atoms with van der Waals surface area (Å²) in [4.78, 5) is 34.7. The number of rotatable bonds is 6. The second-order valence-electron chi connectivity index (χ2n) is 6.72. The maximum Gasteiger partial charge on any atom is 0.331 e. The molecule has 1 atom stereocenters. The van der Waals surface area contributed by atoms with Crippen molar-refractivity contribution < 1.29 is 19.1 Å². The van der Waals surface area contributed by atoms with Gasteiger partial charge in [-0.15, -0.1) is 0 Å². The Kier molecular flexibility index (Phi) is 5.66. The molecule has 0 unspecified atom stereocenters. The largest absolute Gasteiger partial charge is 0.449 e. The molecule has 0 bridgehead atoms. The number of nitrogens with zero attached hydrogens (tertiary/aromatic N) is 1. The Morgan fingerprint density at radius 1 is 1.32 bits per heavy atom. The number of imide groups is 1. The van der Waals surface area contributed by atoms with Gasteiger partial charge in [0.2, 0.25) is 0 Å². The van der Waals surface area contributed by atoms with Crippen LogP contribution in [-0.4, -0.2) is 28.6 Å². The van der Waals surface area contributed by atoms with E-state index in [1.54, 1.807) is 19.9 Å². The molecule has 0 saturated heterocycles. The summed E-state index contributed by atoms with van der Waals surface area (Å²) in [6.45, 7) is 7.49. The van der Waals surface area contributed by atoms with Crippen molar-refractivity contribution in [3.8, 4) is 0 Å². The van der Waals surface area contributed by atoms with Gasteiger partial charge in [-0.1, -0.05) is 13.8 Å². The molecule has 2 rings (SSSR count). The average molecular weight is 347 g/mol. The van der Waals surface area contributed by atoms with E-state index < -0.39 is 24.0 Å². The number of aromatic nitrogens is 1. The summed E-state index contributed by atoms with van der Waals surface area (Å²) in [5.74, 6) is -1.66. The molecule has 3 N–H and O–H groups in total. The van der Waals surface area contributed by atoms with Gasteiger partial charge in [-0.25, -0.2) is 9.59 Å². The maximum atomic E-state index is 12.1. The highest BCUT2D eigenvalue weighted by atomic mass is 16.5. The van der Waals surface area contributed by atoms with Crippen LogP contribution in [0.2, 0.25) is 0 Å². The van der Waals surface area contributed by atoms with Crippen LogP contribution in [-0.2, 0) is 14.3 Å². The summed E-state index contributed by atoms with van der Waals surface area (Å²) in [6, 6.07) is 1.61. The van der Waals surface area contributed by atoms with Crippen molar-refractivity contribution in [2.45, 2.75) is 52.7 Å². The lowest BCUT2D eigenvalue weighted by atomic mass is 10.1. The van der Waals surface area contributed by atoms with Crippen LogP contribution in [0.5, 0.6) is 0 Å². The molecule has 0 aliphatic heterocycles. The van der Waals surface area contributed by atoms with Gasteiger partial charge in [-0.3, -0.25) is 10.1 Å². The Hall–Kier alpha value is -2.57. The SMILES string of the molecule is Cc1cc(/C=C/C(=O)O[C@H](C(=O)NC(N)=O)C(C)C)c(C)n1C1CC1. The number of carbonyl (C=O) groups is 3. The molecular weight excluding hydrogens is 322 g/mol. The monoisotopic (exact) mass is 347 g/mol. The molecule has 1 aliphatic carbocycles. The molecule has 1 heterocycles. The molecule has 0 spiro atoms. The van der Waals surface area contributed by atoms with Gasteiger partial charge in [0.25, 0.3) is 5.91 Å². The molecule has 3 amide bonds. The summed E-state index contributed by atoms with van der Waals surface area (Å²) in [5.41, 5.74) is 8.15. The lowest BCUT2D eigenvalue weighted by Crippen LogP contribution is -2.45. The van der Waals surface area contributed by atoms with Gasteiger partial charge in [0.15, 0.2) is 6.10 Å². The van der Waals surface area contributed by atoms with Gasteiger partial charge >= 0.3 is 12.0 Å². The zero-order chi connectivity index (χ0) is 18.7. The molecule has 1 aromatic heterocycles. The molecule has 1 fully saturated rings. The Bertz CT molecular complexity index is 714. The number of nitrogens with one attached hydrogen (secondary N) is 1. The fourth-order valence-corrected chi connectivity index (χ4v) is 2.87. The second-order valence-corrected chi connectivity index (χ2v) is 6.72. The fraction of sp³-hybridized carbons (Fsp3) is 0.500. The van der Waals surface area contributed by atoms with Crippen molar-refractivity contribution in [1.82, 2.24) is 9.88 Å². The minimum atomic E-state index is -1.08. The zero-order valence-corrected chi connectivity index (χ0v) is 15.0. The zero-order valence-electron chi connectivity index (χ0n) is 15.0. The number of hydrogen-bond donors (Lipinski definition) is 2. The quantitative estimate of drug-likeness (QED) is 0.608. The lowest BCUT2D eigenvalue weighted by molar-refractivity contribution is -0.153. The molecule has 7 heteroatoms. The van der Waals surface area contributed by atoms with Gasteiger partial charge < -0.3 is 15.0 Å². The third kappa shape index (κ3) is 4.71. The minimum Gasteiger partial charge on any atom is -0.449 e. The van der Waals surface area contributed by atoms with Crippen LogP contribution in [0, 0.1) is 19.8 Å². The Labute approximate surface area is 147 Å². The number of hydrogen-bond acceptors (Lipinski definition) is 4. The van der Waals surface area contributed by atoms with Crippen LogP contribution in [0.4, 0.5) is 4.79 Å². The van der Waals surface area contributed by atoms with Crippen LogP contribution in [0.1, 0.15) is 49.7 Å². The molecule has 0 aromatic carbocycles. The van der Waals surface area contributed by atoms with E-state index in [-0.39, 0.29) is 5.92 Å². The van der Waals surface area contributed by atoms with Crippen molar-refractivity contribution in [2.75, 3.05) is 0 Å². The summed E-state index contributed by atoms with van der Waals surface area (Å²) in [7, 11) is 0. The van der Waals surface area contributed by atoms with Crippen LogP contribution in [0.3, 0.4) is 0 Å². The third-order valence-electron chi connectivity index (χ3n) is 4.19. The first kappa shape index (κ1) is 18.8. The summed E-state index contributed by atoms with van der Waals surface area (Å²) < 4.78 is 7.46. The Morgan fingerprint density at radius 2 is 1.96 bits per heavy atom. The van der Waals surface area contributed by atoms with Gasteiger partial charge in [-0.2, -0.15) is 0 Å². The van der Waals surface area contributed by atoms with E-state index in [4.69, 9.17) is 10.5 Å². The maximum absolute atomic E-state index is 12.1. The van der Waals surface area contributed by atoms with Crippen molar-refractivity contribution in [2.24, 2.45) is 11.7 Å². The van der Waals surface area contributed by atoms with Crippen LogP contribution in [0.15, 0.2) is 12.1 Å². The highest BCUT2D eigenvalue weighted by molar-refractivity contribution is 5.97. The normalized spacial score (nSPS) is 15.4. The van der Waals surface area contributed by atoms with E-state index in [9.17, 15) is 14.4 Å². The van der Waals surface area contributed by atoms with Gasteiger partial charge in [0.1, 0.15) is 0 Å². The van der Waals surface area contributed by atoms with Crippen LogP contribution >= 0.6 is 0 Å². The fourth-order valence-electron chi connectivity index (χ4n) is 2.87. The molecule has 25 heavy (non-hydrogen) atoms. The first-order valence-electron chi connectivity index (χ1n) is 8.38. The van der Waals surface area contributed by atoms with Gasteiger partial charge in [-0.05, 0) is 50.3 Å². The number of primary amides is 1. The number of aryl methyl sites for hydroxylation is 1. The first-order valence-corrected chi connectivity index (χ1v) is 8.38. The molecule has 1 aromatic rings. The van der Waals surface area contributed by atoms with E-state index in [2.05, 4.69) is 4.57 Å². The molecule has 1 aliphatic rings. The predicted octanol–water partition coefficient (Wildman–Crippen LogP) is 2.22. The van der Waals surface area contributed by atoms with E-state index >= 15 is 0 Å². The number of urea groups is 1. The predicted molar refractivity (Wildman–Crippen MR) is 93.7 cm³/mol. The molecular formula is C18H25N3O4. The molecule has 7 nitrogen and oxygen atoms in total. The van der Waals surface area contributed by atoms with Crippen molar-refractivity contribution >= 4 is 24.0 Å². The van der Waals surface area contributed by atoms with Gasteiger partial charge in [0.05, 0.1) is 0 Å². The van der Waals surface area contributed by atoms with Crippen LogP contribution < -0.4 is 11.1 Å². The molecule has 0 radical (unpaired) electrons. The Morgan fingerprint density at radius 3 is 2.48 bits per heavy atom. The smallest absolute Gasteiger partial charge is 0.331 e. The average Bonchev–Trinajstić information content (AvgIpc) is 3.28. The molecule has 1 saturated carbocycles. The minimum absolute atomic E-state index is 0.295. The number of carbonyl (C=O) groups excluding carboxylic acids is 3. The van der Waals surface area contributed by atoms with Crippen LogP contribution in [0.25, 0.3) is 6.08 Å². The Balaban J connectivity index is 2.05.